The van der Waals surface area contributed by atoms with Crippen LogP contribution in [0.1, 0.15) is 46.0 Å². The molecule has 0 saturated heterocycles. The van der Waals surface area contributed by atoms with Gasteiger partial charge in [-0.3, -0.25) is 9.59 Å². The molecule has 3 aliphatic carbocycles. The lowest BCUT2D eigenvalue weighted by Crippen LogP contribution is -2.49. The van der Waals surface area contributed by atoms with Gasteiger partial charge in [0.25, 0.3) is 0 Å². The minimum absolute atomic E-state index is 0.0792. The maximum absolute atomic E-state index is 12.5. The Morgan fingerprint density at radius 3 is 2.73 bits per heavy atom. The van der Waals surface area contributed by atoms with Crippen LogP contribution in [0, 0.1) is 16.7 Å². The van der Waals surface area contributed by atoms with Crippen molar-refractivity contribution >= 4 is 11.9 Å². The molecular weight excluding hydrogens is 280 g/mol. The van der Waals surface area contributed by atoms with E-state index in [4.69, 9.17) is 9.47 Å². The Morgan fingerprint density at radius 2 is 2.05 bits per heavy atom. The lowest BCUT2D eigenvalue weighted by Gasteiger charge is -2.50. The molecular formula is C18H24O4. The van der Waals surface area contributed by atoms with Gasteiger partial charge in [0.1, 0.15) is 6.10 Å². The summed E-state index contributed by atoms with van der Waals surface area (Å²) in [7, 11) is 1.46. The van der Waals surface area contributed by atoms with Gasteiger partial charge >= 0.3 is 11.9 Å². The number of allylic oxidation sites excluding steroid dienone is 2. The van der Waals surface area contributed by atoms with Crippen LogP contribution in [0.3, 0.4) is 0 Å². The fourth-order valence-electron chi connectivity index (χ4n) is 4.63. The summed E-state index contributed by atoms with van der Waals surface area (Å²) in [6.45, 7) is 3.72. The van der Waals surface area contributed by atoms with E-state index in [0.717, 1.165) is 25.7 Å². The van der Waals surface area contributed by atoms with E-state index in [1.807, 2.05) is 12.2 Å². The summed E-state index contributed by atoms with van der Waals surface area (Å²) in [6, 6.07) is 0. The average Bonchev–Trinajstić information content (AvgIpc) is 2.88. The fourth-order valence-corrected chi connectivity index (χ4v) is 4.63. The van der Waals surface area contributed by atoms with Crippen molar-refractivity contribution in [3.05, 3.63) is 23.8 Å². The van der Waals surface area contributed by atoms with E-state index in [9.17, 15) is 9.59 Å². The van der Waals surface area contributed by atoms with Crippen LogP contribution in [0.5, 0.6) is 0 Å². The number of hydrogen-bond acceptors (Lipinski definition) is 4. The zero-order valence-electron chi connectivity index (χ0n) is 13.6. The van der Waals surface area contributed by atoms with Crippen LogP contribution in [0.15, 0.2) is 23.8 Å². The van der Waals surface area contributed by atoms with Crippen LogP contribution >= 0.6 is 0 Å². The van der Waals surface area contributed by atoms with Gasteiger partial charge in [0.05, 0.1) is 12.5 Å². The van der Waals surface area contributed by atoms with Gasteiger partial charge in [-0.1, -0.05) is 24.6 Å². The number of hydrogen-bond donors (Lipinski definition) is 0. The van der Waals surface area contributed by atoms with E-state index >= 15 is 0 Å². The first-order chi connectivity index (χ1) is 10.4. The summed E-state index contributed by atoms with van der Waals surface area (Å²) in [5.74, 6) is -0.361. The lowest BCUT2D eigenvalue weighted by molar-refractivity contribution is -0.156. The summed E-state index contributed by atoms with van der Waals surface area (Å²) >= 11 is 0. The molecule has 0 unspecified atom stereocenters. The zero-order valence-corrected chi connectivity index (χ0v) is 13.6. The molecule has 1 saturated carbocycles. The van der Waals surface area contributed by atoms with Crippen molar-refractivity contribution in [3.63, 3.8) is 0 Å². The number of rotatable bonds is 2. The first-order valence-corrected chi connectivity index (χ1v) is 8.07. The van der Waals surface area contributed by atoms with Gasteiger partial charge < -0.3 is 9.47 Å². The van der Waals surface area contributed by atoms with E-state index in [1.165, 1.54) is 19.6 Å². The van der Waals surface area contributed by atoms with Gasteiger partial charge in [0.15, 0.2) is 0 Å². The molecule has 0 N–H and O–H groups in total. The Morgan fingerprint density at radius 1 is 1.27 bits per heavy atom. The Balaban J connectivity index is 2.00. The second-order valence-corrected chi connectivity index (χ2v) is 7.09. The highest BCUT2D eigenvalue weighted by atomic mass is 16.5. The molecule has 0 aromatic rings. The summed E-state index contributed by atoms with van der Waals surface area (Å²) in [4.78, 5) is 23.8. The normalized spacial score (nSPS) is 39.5. The average molecular weight is 304 g/mol. The first-order valence-electron chi connectivity index (χ1n) is 8.07. The fraction of sp³-hybridized carbons (Fsp3) is 0.667. The molecule has 22 heavy (non-hydrogen) atoms. The summed E-state index contributed by atoms with van der Waals surface area (Å²) in [5.41, 5.74) is 0.973. The minimum Gasteiger partial charge on any atom is -0.468 e. The largest absolute Gasteiger partial charge is 0.468 e. The van der Waals surface area contributed by atoms with Crippen molar-refractivity contribution in [1.82, 2.24) is 0 Å². The quantitative estimate of drug-likeness (QED) is 0.581. The zero-order chi connectivity index (χ0) is 16.0. The van der Waals surface area contributed by atoms with Crippen LogP contribution in [-0.4, -0.2) is 25.2 Å². The molecule has 0 aromatic heterocycles. The van der Waals surface area contributed by atoms with Gasteiger partial charge in [0, 0.05) is 12.8 Å². The maximum atomic E-state index is 12.5. The Hall–Kier alpha value is -1.58. The molecule has 1 fully saturated rings. The van der Waals surface area contributed by atoms with E-state index in [0.29, 0.717) is 6.42 Å². The SMILES string of the molecule is COC(=O)[C@]12C=C[C@H](OC(C)=O)C[C@H]1C1=CCC[C@]1(C)CC2. The standard InChI is InChI=1S/C18H24O4/c1-12(19)22-13-6-8-18(16(20)21-3)10-9-17(2)7-4-5-14(17)15(18)11-13/h5-6,8,13,15H,4,7,9-11H2,1-3H3/t13-,15-,17+,18-/m0/s1. The second kappa shape index (κ2) is 5.25. The highest BCUT2D eigenvalue weighted by Crippen LogP contribution is 2.60. The van der Waals surface area contributed by atoms with Gasteiger partial charge in [-0.2, -0.15) is 0 Å². The van der Waals surface area contributed by atoms with Crippen LogP contribution in [0.25, 0.3) is 0 Å². The molecule has 0 heterocycles. The molecule has 0 bridgehead atoms. The van der Waals surface area contributed by atoms with Crippen molar-refractivity contribution < 1.29 is 19.1 Å². The van der Waals surface area contributed by atoms with Crippen molar-refractivity contribution in [2.45, 2.75) is 52.1 Å². The molecule has 4 heteroatoms. The summed E-state index contributed by atoms with van der Waals surface area (Å²) < 4.78 is 10.5. The van der Waals surface area contributed by atoms with E-state index in [2.05, 4.69) is 13.0 Å². The van der Waals surface area contributed by atoms with Gasteiger partial charge in [-0.15, -0.1) is 0 Å². The van der Waals surface area contributed by atoms with E-state index in [-0.39, 0.29) is 29.4 Å². The highest BCUT2D eigenvalue weighted by molar-refractivity contribution is 5.81. The third-order valence-corrected chi connectivity index (χ3v) is 5.80. The number of carbonyl (C=O) groups is 2. The minimum atomic E-state index is -0.582. The number of carbonyl (C=O) groups excluding carboxylic acids is 2. The predicted molar refractivity (Wildman–Crippen MR) is 81.9 cm³/mol. The summed E-state index contributed by atoms with van der Waals surface area (Å²) in [6.07, 6.45) is 10.6. The number of esters is 2. The first kappa shape index (κ1) is 15.3. The van der Waals surface area contributed by atoms with Crippen LogP contribution < -0.4 is 0 Å². The van der Waals surface area contributed by atoms with Gasteiger partial charge in [0.2, 0.25) is 0 Å². The smallest absolute Gasteiger partial charge is 0.316 e. The molecule has 120 valence electrons. The molecule has 3 aliphatic rings. The number of fused-ring (bicyclic) bond motifs is 3. The van der Waals surface area contributed by atoms with Crippen molar-refractivity contribution in [3.8, 4) is 0 Å². The molecule has 4 atom stereocenters. The third kappa shape index (κ3) is 2.20. The molecule has 0 aliphatic heterocycles. The Labute approximate surface area is 131 Å². The van der Waals surface area contributed by atoms with Crippen LogP contribution in [-0.2, 0) is 19.1 Å². The van der Waals surface area contributed by atoms with Gasteiger partial charge in [-0.05, 0) is 43.6 Å². The van der Waals surface area contributed by atoms with Crippen LogP contribution in [0.4, 0.5) is 0 Å². The predicted octanol–water partition coefficient (Wildman–Crippen LogP) is 3.17. The van der Waals surface area contributed by atoms with E-state index in [1.54, 1.807) is 0 Å². The number of methoxy groups -OCH3 is 1. The summed E-state index contributed by atoms with van der Waals surface area (Å²) in [5, 5.41) is 0. The van der Waals surface area contributed by atoms with Crippen LogP contribution in [0.2, 0.25) is 0 Å². The molecule has 4 nitrogen and oxygen atoms in total. The Bertz CT molecular complexity index is 561. The molecule has 3 rings (SSSR count). The lowest BCUT2D eigenvalue weighted by atomic mass is 9.53. The van der Waals surface area contributed by atoms with Crippen molar-refractivity contribution in [2.75, 3.05) is 7.11 Å². The van der Waals surface area contributed by atoms with E-state index < -0.39 is 5.41 Å². The number of ether oxygens (including phenoxy) is 2. The molecule has 0 radical (unpaired) electrons. The van der Waals surface area contributed by atoms with Gasteiger partial charge in [-0.25, -0.2) is 0 Å². The topological polar surface area (TPSA) is 52.6 Å². The molecule has 0 amide bonds. The maximum Gasteiger partial charge on any atom is 0.316 e. The molecule has 0 aromatic carbocycles. The van der Waals surface area contributed by atoms with Crippen molar-refractivity contribution in [2.24, 2.45) is 16.7 Å². The van der Waals surface area contributed by atoms with Crippen molar-refractivity contribution in [1.29, 1.82) is 0 Å². The highest BCUT2D eigenvalue weighted by Gasteiger charge is 2.56. The molecule has 0 spiro atoms. The third-order valence-electron chi connectivity index (χ3n) is 5.80. The second-order valence-electron chi connectivity index (χ2n) is 7.09. The Kier molecular flexibility index (Phi) is 3.66. The monoisotopic (exact) mass is 304 g/mol.